The summed E-state index contributed by atoms with van der Waals surface area (Å²) in [7, 11) is 0. The third kappa shape index (κ3) is 3.55. The summed E-state index contributed by atoms with van der Waals surface area (Å²) in [6, 6.07) is 19.0. The largest absolute Gasteiger partial charge is 0.455 e. The topological polar surface area (TPSA) is 64.6 Å². The molecule has 3 fully saturated rings. The first kappa shape index (κ1) is 20.3. The third-order valence-corrected chi connectivity index (χ3v) is 7.67. The van der Waals surface area contributed by atoms with Crippen molar-refractivity contribution in [2.24, 2.45) is 23.7 Å². The van der Waals surface area contributed by atoms with Crippen LogP contribution in [-0.4, -0.2) is 36.2 Å². The zero-order valence-electron chi connectivity index (χ0n) is 17.9. The predicted molar refractivity (Wildman–Crippen MR) is 117 cm³/mol. The SMILES string of the molecule is CC1C(OC(=O)c2ccccc2)C(OC(=O)c2ccccc2)C(C)C2C3CCC(N3)C12. The maximum Gasteiger partial charge on any atom is 0.338 e. The highest BCUT2D eigenvalue weighted by molar-refractivity contribution is 5.90. The van der Waals surface area contributed by atoms with E-state index in [1.54, 1.807) is 24.3 Å². The van der Waals surface area contributed by atoms with Gasteiger partial charge in [-0.05, 0) is 48.9 Å². The van der Waals surface area contributed by atoms with E-state index in [0.717, 1.165) is 12.8 Å². The second kappa shape index (κ2) is 8.12. The minimum absolute atomic E-state index is 0.102. The first-order valence-electron chi connectivity index (χ1n) is 11.3. The molecule has 2 heterocycles. The molecule has 1 aliphatic carbocycles. The Morgan fingerprint density at radius 1 is 0.710 bits per heavy atom. The zero-order valence-corrected chi connectivity index (χ0v) is 17.9. The highest BCUT2D eigenvalue weighted by atomic mass is 16.6. The van der Waals surface area contributed by atoms with Gasteiger partial charge < -0.3 is 14.8 Å². The van der Waals surface area contributed by atoms with Gasteiger partial charge in [-0.15, -0.1) is 0 Å². The second-order valence-electron chi connectivity index (χ2n) is 9.30. The molecule has 1 saturated carbocycles. The number of hydrogen-bond acceptors (Lipinski definition) is 5. The van der Waals surface area contributed by atoms with Gasteiger partial charge in [0.1, 0.15) is 12.2 Å². The molecule has 2 aliphatic heterocycles. The first-order valence-corrected chi connectivity index (χ1v) is 11.3. The summed E-state index contributed by atoms with van der Waals surface area (Å²) < 4.78 is 12.2. The van der Waals surface area contributed by atoms with Crippen LogP contribution in [0.1, 0.15) is 47.4 Å². The van der Waals surface area contributed by atoms with Crippen molar-refractivity contribution >= 4 is 11.9 Å². The summed E-state index contributed by atoms with van der Waals surface area (Å²) in [6.07, 6.45) is 1.38. The van der Waals surface area contributed by atoms with Crippen LogP contribution < -0.4 is 5.32 Å². The van der Waals surface area contributed by atoms with Crippen molar-refractivity contribution in [2.75, 3.05) is 0 Å². The average molecular weight is 420 g/mol. The number of benzene rings is 2. The van der Waals surface area contributed by atoms with Crippen molar-refractivity contribution in [3.63, 3.8) is 0 Å². The van der Waals surface area contributed by atoms with Crippen molar-refractivity contribution in [3.8, 4) is 0 Å². The summed E-state index contributed by atoms with van der Waals surface area (Å²) in [6.45, 7) is 4.30. The van der Waals surface area contributed by atoms with Crippen LogP contribution in [0.4, 0.5) is 0 Å². The molecule has 8 atom stereocenters. The van der Waals surface area contributed by atoms with E-state index in [1.165, 1.54) is 0 Å². The molecule has 2 saturated heterocycles. The summed E-state index contributed by atoms with van der Waals surface area (Å²) >= 11 is 0. The summed E-state index contributed by atoms with van der Waals surface area (Å²) in [5.41, 5.74) is 1.03. The first-order chi connectivity index (χ1) is 15.0. The van der Waals surface area contributed by atoms with Crippen LogP contribution in [0.3, 0.4) is 0 Å². The normalized spacial score (nSPS) is 35.9. The molecule has 5 nitrogen and oxygen atoms in total. The van der Waals surface area contributed by atoms with Gasteiger partial charge in [-0.2, -0.15) is 0 Å². The molecule has 2 aromatic carbocycles. The smallest absolute Gasteiger partial charge is 0.338 e. The monoisotopic (exact) mass is 419 g/mol. The van der Waals surface area contributed by atoms with Gasteiger partial charge in [-0.3, -0.25) is 0 Å². The fourth-order valence-electron chi connectivity index (χ4n) is 6.30. The molecule has 0 spiro atoms. The molecule has 162 valence electrons. The van der Waals surface area contributed by atoms with Crippen LogP contribution in [0.25, 0.3) is 0 Å². The Bertz CT molecular complexity index is 869. The number of ether oxygens (including phenoxy) is 2. The van der Waals surface area contributed by atoms with E-state index < -0.39 is 12.2 Å². The molecule has 3 aliphatic rings. The summed E-state index contributed by atoms with van der Waals surface area (Å²) in [5, 5.41) is 3.76. The molecule has 2 bridgehead atoms. The van der Waals surface area contributed by atoms with Gasteiger partial charge in [0, 0.05) is 23.9 Å². The molecule has 0 radical (unpaired) electrons. The predicted octanol–water partition coefficient (Wildman–Crippen LogP) is 4.09. The molecule has 0 aromatic heterocycles. The van der Waals surface area contributed by atoms with Gasteiger partial charge in [0.25, 0.3) is 0 Å². The maximum absolute atomic E-state index is 12.9. The van der Waals surface area contributed by atoms with Gasteiger partial charge in [0.2, 0.25) is 0 Å². The highest BCUT2D eigenvalue weighted by Gasteiger charge is 2.60. The summed E-state index contributed by atoms with van der Waals surface area (Å²) in [5.74, 6) is 0.332. The number of hydrogen-bond donors (Lipinski definition) is 1. The van der Waals surface area contributed by atoms with Crippen molar-refractivity contribution in [3.05, 3.63) is 71.8 Å². The van der Waals surface area contributed by atoms with E-state index in [4.69, 9.17) is 9.47 Å². The molecule has 1 N–H and O–H groups in total. The Morgan fingerprint density at radius 3 is 1.48 bits per heavy atom. The lowest BCUT2D eigenvalue weighted by molar-refractivity contribution is -0.129. The summed E-state index contributed by atoms with van der Waals surface area (Å²) in [4.78, 5) is 25.9. The lowest BCUT2D eigenvalue weighted by Crippen LogP contribution is -2.57. The van der Waals surface area contributed by atoms with E-state index in [2.05, 4.69) is 19.2 Å². The number of esters is 2. The minimum atomic E-state index is -0.474. The van der Waals surface area contributed by atoms with Crippen LogP contribution in [-0.2, 0) is 9.47 Å². The lowest BCUT2D eigenvalue weighted by atomic mass is 9.60. The van der Waals surface area contributed by atoms with Gasteiger partial charge in [-0.1, -0.05) is 50.2 Å². The molecule has 0 amide bonds. The average Bonchev–Trinajstić information content (AvgIpc) is 3.43. The van der Waals surface area contributed by atoms with Gasteiger partial charge in [-0.25, -0.2) is 9.59 Å². The lowest BCUT2D eigenvalue weighted by Gasteiger charge is -2.49. The van der Waals surface area contributed by atoms with Gasteiger partial charge in [0.15, 0.2) is 0 Å². The van der Waals surface area contributed by atoms with Crippen molar-refractivity contribution in [2.45, 2.75) is 51.0 Å². The minimum Gasteiger partial charge on any atom is -0.455 e. The van der Waals surface area contributed by atoms with E-state index in [1.807, 2.05) is 36.4 Å². The number of carbonyl (C=O) groups is 2. The van der Waals surface area contributed by atoms with E-state index in [-0.39, 0.29) is 23.8 Å². The Hall–Kier alpha value is -2.66. The second-order valence-corrected chi connectivity index (χ2v) is 9.30. The highest BCUT2D eigenvalue weighted by Crippen LogP contribution is 2.52. The van der Waals surface area contributed by atoms with E-state index >= 15 is 0 Å². The molecule has 31 heavy (non-hydrogen) atoms. The Kier molecular flexibility index (Phi) is 5.30. The number of rotatable bonds is 4. The third-order valence-electron chi connectivity index (χ3n) is 7.67. The zero-order chi connectivity index (χ0) is 21.5. The standard InChI is InChI=1S/C26H29NO4/c1-15-21-19-13-14-20(27-19)22(21)16(2)24(31-26(29)18-11-7-4-8-12-18)23(15)30-25(28)17-9-5-3-6-10-17/h3-12,15-16,19-24,27H,13-14H2,1-2H3. The Balaban J connectivity index is 1.44. The molecule has 5 heteroatoms. The van der Waals surface area contributed by atoms with Crippen molar-refractivity contribution in [1.82, 2.24) is 5.32 Å². The molecule has 8 unspecified atom stereocenters. The van der Waals surface area contributed by atoms with E-state index in [0.29, 0.717) is 35.0 Å². The van der Waals surface area contributed by atoms with Crippen LogP contribution in [0.15, 0.2) is 60.7 Å². The van der Waals surface area contributed by atoms with Crippen LogP contribution in [0.5, 0.6) is 0 Å². The Morgan fingerprint density at radius 2 is 1.10 bits per heavy atom. The van der Waals surface area contributed by atoms with Gasteiger partial charge >= 0.3 is 11.9 Å². The quantitative estimate of drug-likeness (QED) is 0.757. The Labute approximate surface area is 183 Å². The van der Waals surface area contributed by atoms with Gasteiger partial charge in [0.05, 0.1) is 11.1 Å². The van der Waals surface area contributed by atoms with Crippen LogP contribution in [0.2, 0.25) is 0 Å². The van der Waals surface area contributed by atoms with E-state index in [9.17, 15) is 9.59 Å². The van der Waals surface area contributed by atoms with Crippen LogP contribution >= 0.6 is 0 Å². The fraction of sp³-hybridized carbons (Fsp3) is 0.462. The van der Waals surface area contributed by atoms with Crippen LogP contribution in [0, 0.1) is 23.7 Å². The van der Waals surface area contributed by atoms with Crippen molar-refractivity contribution in [1.29, 1.82) is 0 Å². The molecule has 2 aromatic rings. The fourth-order valence-corrected chi connectivity index (χ4v) is 6.30. The molecular weight excluding hydrogens is 390 g/mol. The maximum atomic E-state index is 12.9. The number of fused-ring (bicyclic) bond motifs is 5. The molecule has 5 rings (SSSR count). The number of nitrogens with one attached hydrogen (secondary N) is 1. The number of carbonyl (C=O) groups excluding carboxylic acids is 2. The molecular formula is C26H29NO4. The van der Waals surface area contributed by atoms with Crippen molar-refractivity contribution < 1.29 is 19.1 Å².